The van der Waals surface area contributed by atoms with E-state index >= 15 is 0 Å². The molecule has 0 amide bonds. The van der Waals surface area contributed by atoms with Crippen molar-refractivity contribution in [3.05, 3.63) is 68.7 Å². The minimum atomic E-state index is -0.232. The summed E-state index contributed by atoms with van der Waals surface area (Å²) in [4.78, 5) is 20.6. The van der Waals surface area contributed by atoms with Crippen molar-refractivity contribution in [2.45, 2.75) is 6.92 Å². The van der Waals surface area contributed by atoms with Crippen molar-refractivity contribution < 1.29 is 4.74 Å². The Labute approximate surface area is 157 Å². The van der Waals surface area contributed by atoms with Gasteiger partial charge in [-0.05, 0) is 55.0 Å². The van der Waals surface area contributed by atoms with E-state index in [9.17, 15) is 4.79 Å². The zero-order valence-electron chi connectivity index (χ0n) is 14.2. The summed E-state index contributed by atoms with van der Waals surface area (Å²) in [5, 5.41) is 5.22. The number of rotatable bonds is 3. The molecule has 0 atom stereocenters. The molecule has 0 saturated heterocycles. The quantitative estimate of drug-likeness (QED) is 0.521. The van der Waals surface area contributed by atoms with Crippen LogP contribution in [0.3, 0.4) is 0 Å². The van der Waals surface area contributed by atoms with Crippen LogP contribution in [0.2, 0.25) is 0 Å². The van der Waals surface area contributed by atoms with E-state index in [2.05, 4.69) is 31.0 Å². The smallest absolute Gasteiger partial charge is 0.298 e. The lowest BCUT2D eigenvalue weighted by Gasteiger charge is -2.03. The summed E-state index contributed by atoms with van der Waals surface area (Å²) >= 11 is 3.46. The number of aromatic nitrogens is 3. The first-order valence-corrected chi connectivity index (χ1v) is 8.75. The largest absolute Gasteiger partial charge is 0.497 e. The first kappa shape index (κ1) is 16.5. The van der Waals surface area contributed by atoms with Crippen molar-refractivity contribution in [1.29, 1.82) is 0 Å². The van der Waals surface area contributed by atoms with Gasteiger partial charge in [-0.2, -0.15) is 9.78 Å². The van der Waals surface area contributed by atoms with Crippen LogP contribution in [0.15, 0.2) is 56.8 Å². The molecule has 0 spiro atoms. The highest BCUT2D eigenvalue weighted by Crippen LogP contribution is 2.25. The maximum Gasteiger partial charge on any atom is 0.298 e. The van der Waals surface area contributed by atoms with E-state index in [0.717, 1.165) is 26.7 Å². The van der Waals surface area contributed by atoms with Gasteiger partial charge in [0.1, 0.15) is 22.6 Å². The van der Waals surface area contributed by atoms with Crippen LogP contribution in [0.25, 0.3) is 21.9 Å². The third kappa shape index (κ3) is 2.80. The molecule has 26 heavy (non-hydrogen) atoms. The molecule has 2 aromatic carbocycles. The van der Waals surface area contributed by atoms with Gasteiger partial charge in [0, 0.05) is 15.4 Å². The SMILES string of the molecule is COc1ccc(/C=N/n2c(C)nc3c([nH]c4ccc(Br)cc43)c2=O)cc1. The summed E-state index contributed by atoms with van der Waals surface area (Å²) in [5.41, 5.74) is 2.58. The highest BCUT2D eigenvalue weighted by molar-refractivity contribution is 9.10. The predicted octanol–water partition coefficient (Wildman–Crippen LogP) is 3.84. The molecule has 4 aromatic rings. The van der Waals surface area contributed by atoms with Crippen LogP contribution in [0, 0.1) is 6.92 Å². The lowest BCUT2D eigenvalue weighted by Crippen LogP contribution is -2.20. The second kappa shape index (κ2) is 6.42. The Balaban J connectivity index is 1.83. The summed E-state index contributed by atoms with van der Waals surface area (Å²) in [6.45, 7) is 1.77. The van der Waals surface area contributed by atoms with Crippen molar-refractivity contribution >= 4 is 44.1 Å². The minimum Gasteiger partial charge on any atom is -0.497 e. The van der Waals surface area contributed by atoms with Crippen molar-refractivity contribution in [2.24, 2.45) is 5.10 Å². The normalized spacial score (nSPS) is 11.7. The number of methoxy groups -OCH3 is 1. The second-order valence-electron chi connectivity index (χ2n) is 5.83. The number of nitrogens with one attached hydrogen (secondary N) is 1. The van der Waals surface area contributed by atoms with E-state index in [1.807, 2.05) is 42.5 Å². The molecule has 2 aromatic heterocycles. The highest BCUT2D eigenvalue weighted by Gasteiger charge is 2.13. The fourth-order valence-electron chi connectivity index (χ4n) is 2.83. The van der Waals surface area contributed by atoms with Gasteiger partial charge in [0.25, 0.3) is 5.56 Å². The van der Waals surface area contributed by atoms with E-state index in [0.29, 0.717) is 16.9 Å². The fraction of sp³-hybridized carbons (Fsp3) is 0.105. The molecule has 0 aliphatic rings. The number of hydrogen-bond acceptors (Lipinski definition) is 4. The Hall–Kier alpha value is -2.93. The molecule has 130 valence electrons. The Morgan fingerprint density at radius 3 is 2.73 bits per heavy atom. The first-order valence-electron chi connectivity index (χ1n) is 7.96. The lowest BCUT2D eigenvalue weighted by molar-refractivity contribution is 0.415. The standard InChI is InChI=1S/C19H15BrN4O2/c1-11-22-17-15-9-13(20)5-8-16(15)23-18(17)19(25)24(11)21-10-12-3-6-14(26-2)7-4-12/h3-10,23H,1-2H3/b21-10+. The summed E-state index contributed by atoms with van der Waals surface area (Å²) in [7, 11) is 1.62. The molecule has 0 aliphatic carbocycles. The van der Waals surface area contributed by atoms with Gasteiger partial charge >= 0.3 is 0 Å². The molecular weight excluding hydrogens is 396 g/mol. The fourth-order valence-corrected chi connectivity index (χ4v) is 3.19. The molecule has 6 nitrogen and oxygen atoms in total. The van der Waals surface area contributed by atoms with Crippen LogP contribution >= 0.6 is 15.9 Å². The molecule has 4 rings (SSSR count). The third-order valence-electron chi connectivity index (χ3n) is 4.16. The number of halogens is 1. The van der Waals surface area contributed by atoms with Gasteiger partial charge in [-0.15, -0.1) is 0 Å². The summed E-state index contributed by atoms with van der Waals surface area (Å²) in [6.07, 6.45) is 1.63. The zero-order chi connectivity index (χ0) is 18.3. The van der Waals surface area contributed by atoms with E-state index < -0.39 is 0 Å². The molecule has 0 bridgehead atoms. The van der Waals surface area contributed by atoms with Crippen LogP contribution in [0.5, 0.6) is 5.75 Å². The maximum atomic E-state index is 12.9. The van der Waals surface area contributed by atoms with E-state index in [4.69, 9.17) is 4.74 Å². The Kier molecular flexibility index (Phi) is 4.08. The zero-order valence-corrected chi connectivity index (χ0v) is 15.7. The van der Waals surface area contributed by atoms with Crippen molar-refractivity contribution in [3.63, 3.8) is 0 Å². The summed E-state index contributed by atoms with van der Waals surface area (Å²) < 4.78 is 7.38. The van der Waals surface area contributed by atoms with Gasteiger partial charge in [-0.3, -0.25) is 4.79 Å². The third-order valence-corrected chi connectivity index (χ3v) is 4.65. The van der Waals surface area contributed by atoms with Gasteiger partial charge in [0.15, 0.2) is 0 Å². The number of aryl methyl sites for hydroxylation is 1. The number of fused-ring (bicyclic) bond motifs is 3. The number of benzene rings is 2. The number of H-pyrrole nitrogens is 1. The van der Waals surface area contributed by atoms with Crippen LogP contribution in [-0.2, 0) is 0 Å². The van der Waals surface area contributed by atoms with Gasteiger partial charge in [0.2, 0.25) is 0 Å². The molecule has 7 heteroatoms. The molecule has 0 radical (unpaired) electrons. The lowest BCUT2D eigenvalue weighted by atomic mass is 10.2. The van der Waals surface area contributed by atoms with E-state index in [1.54, 1.807) is 20.2 Å². The van der Waals surface area contributed by atoms with Crippen LogP contribution in [0.4, 0.5) is 0 Å². The highest BCUT2D eigenvalue weighted by atomic mass is 79.9. The van der Waals surface area contributed by atoms with E-state index in [1.165, 1.54) is 4.68 Å². The van der Waals surface area contributed by atoms with Gasteiger partial charge in [-0.1, -0.05) is 15.9 Å². The number of hydrogen-bond donors (Lipinski definition) is 1. The monoisotopic (exact) mass is 410 g/mol. The van der Waals surface area contributed by atoms with Crippen molar-refractivity contribution in [2.75, 3.05) is 7.11 Å². The predicted molar refractivity (Wildman–Crippen MR) is 106 cm³/mol. The number of aromatic amines is 1. The van der Waals surface area contributed by atoms with Crippen LogP contribution in [-0.4, -0.2) is 28.0 Å². The number of nitrogens with zero attached hydrogens (tertiary/aromatic N) is 3. The molecular formula is C19H15BrN4O2. The Morgan fingerprint density at radius 1 is 1.23 bits per heavy atom. The molecule has 2 heterocycles. The Bertz CT molecular complexity index is 1210. The van der Waals surface area contributed by atoms with Gasteiger partial charge in [0.05, 0.1) is 13.3 Å². The molecule has 0 fully saturated rings. The topological polar surface area (TPSA) is 72.3 Å². The molecule has 0 aliphatic heterocycles. The average Bonchev–Trinajstić information content (AvgIpc) is 3.00. The summed E-state index contributed by atoms with van der Waals surface area (Å²) in [6, 6.07) is 13.2. The number of ether oxygens (including phenoxy) is 1. The van der Waals surface area contributed by atoms with Crippen LogP contribution < -0.4 is 10.3 Å². The first-order chi connectivity index (χ1) is 12.6. The minimum absolute atomic E-state index is 0.232. The Morgan fingerprint density at radius 2 is 2.00 bits per heavy atom. The van der Waals surface area contributed by atoms with Crippen molar-refractivity contribution in [3.8, 4) is 5.75 Å². The van der Waals surface area contributed by atoms with Gasteiger partial charge < -0.3 is 9.72 Å². The van der Waals surface area contributed by atoms with Crippen molar-refractivity contribution in [1.82, 2.24) is 14.6 Å². The summed E-state index contributed by atoms with van der Waals surface area (Å²) in [5.74, 6) is 1.29. The maximum absolute atomic E-state index is 12.9. The van der Waals surface area contributed by atoms with Gasteiger partial charge in [-0.25, -0.2) is 4.98 Å². The van der Waals surface area contributed by atoms with E-state index in [-0.39, 0.29) is 5.56 Å². The van der Waals surface area contributed by atoms with Crippen LogP contribution in [0.1, 0.15) is 11.4 Å². The average molecular weight is 411 g/mol. The molecule has 1 N–H and O–H groups in total. The second-order valence-corrected chi connectivity index (χ2v) is 6.75. The molecule has 0 unspecified atom stereocenters. The molecule has 0 saturated carbocycles.